The molecule has 1 aliphatic heterocycles. The Kier molecular flexibility index (Phi) is 6.41. The van der Waals surface area contributed by atoms with E-state index in [-0.39, 0.29) is 0 Å². The molecule has 0 aliphatic carbocycles. The Balaban J connectivity index is 1.76. The zero-order valence-electron chi connectivity index (χ0n) is 15.5. The van der Waals surface area contributed by atoms with Crippen LogP contribution < -0.4 is 4.90 Å². The first-order valence-electron chi connectivity index (χ1n) is 9.09. The molecule has 0 radical (unpaired) electrons. The van der Waals surface area contributed by atoms with E-state index in [2.05, 4.69) is 15.9 Å². The molecule has 0 aromatic heterocycles. The van der Waals surface area contributed by atoms with Crippen LogP contribution in [0.5, 0.6) is 0 Å². The number of rotatable bonds is 7. The van der Waals surface area contributed by atoms with E-state index < -0.39 is 17.7 Å². The third-order valence-corrected chi connectivity index (χ3v) is 4.93. The highest BCUT2D eigenvalue weighted by atomic mass is 79.9. The number of anilines is 1. The number of Topliss-reactive ketones (excluding diaryl/α,β-unsaturated/α-hetero) is 1. The SMILES string of the molecule is CCCCOC(=O)/C=C/c1ccc2c(c1)C(=O)C(=O)N2Cc1ccc(Br)cc1. The summed E-state index contributed by atoms with van der Waals surface area (Å²) in [6, 6.07) is 12.7. The zero-order valence-corrected chi connectivity index (χ0v) is 17.1. The van der Waals surface area contributed by atoms with Crippen molar-refractivity contribution in [2.24, 2.45) is 0 Å². The molecule has 1 aliphatic rings. The summed E-state index contributed by atoms with van der Waals surface area (Å²) >= 11 is 3.38. The molecule has 1 amide bonds. The van der Waals surface area contributed by atoms with Crippen molar-refractivity contribution in [3.63, 3.8) is 0 Å². The third kappa shape index (κ3) is 4.57. The lowest BCUT2D eigenvalue weighted by Gasteiger charge is -2.16. The van der Waals surface area contributed by atoms with Gasteiger partial charge in [0, 0.05) is 10.5 Å². The van der Waals surface area contributed by atoms with Crippen LogP contribution in [0.15, 0.2) is 53.0 Å². The highest BCUT2D eigenvalue weighted by molar-refractivity contribution is 9.10. The maximum absolute atomic E-state index is 12.4. The van der Waals surface area contributed by atoms with Gasteiger partial charge in [0.2, 0.25) is 0 Å². The predicted octanol–water partition coefficient (Wildman–Crippen LogP) is 4.54. The van der Waals surface area contributed by atoms with Crippen molar-refractivity contribution in [3.8, 4) is 0 Å². The average molecular weight is 442 g/mol. The highest BCUT2D eigenvalue weighted by Gasteiger charge is 2.35. The number of hydrogen-bond donors (Lipinski definition) is 0. The second-order valence-corrected chi connectivity index (χ2v) is 7.39. The third-order valence-electron chi connectivity index (χ3n) is 4.40. The number of unbranched alkanes of at least 4 members (excludes halogenated alkanes) is 1. The Bertz CT molecular complexity index is 934. The normalized spacial score (nSPS) is 13.3. The number of nitrogens with zero attached hydrogens (tertiary/aromatic N) is 1. The molecule has 144 valence electrons. The molecule has 0 bridgehead atoms. The lowest BCUT2D eigenvalue weighted by molar-refractivity contribution is -0.137. The topological polar surface area (TPSA) is 63.7 Å². The van der Waals surface area contributed by atoms with E-state index >= 15 is 0 Å². The number of fused-ring (bicyclic) bond motifs is 1. The molecule has 2 aromatic rings. The Hall–Kier alpha value is -2.73. The summed E-state index contributed by atoms with van der Waals surface area (Å²) in [5.41, 5.74) is 2.53. The Labute approximate surface area is 172 Å². The van der Waals surface area contributed by atoms with Crippen LogP contribution in [-0.2, 0) is 20.9 Å². The van der Waals surface area contributed by atoms with Crippen molar-refractivity contribution in [1.82, 2.24) is 0 Å². The molecule has 0 spiro atoms. The van der Waals surface area contributed by atoms with Gasteiger partial charge in [-0.2, -0.15) is 0 Å². The van der Waals surface area contributed by atoms with Gasteiger partial charge in [-0.3, -0.25) is 9.59 Å². The van der Waals surface area contributed by atoms with Gasteiger partial charge in [-0.25, -0.2) is 4.79 Å². The minimum atomic E-state index is -0.543. The summed E-state index contributed by atoms with van der Waals surface area (Å²) in [5, 5.41) is 0. The second-order valence-electron chi connectivity index (χ2n) is 6.48. The Morgan fingerprint density at radius 2 is 1.89 bits per heavy atom. The lowest BCUT2D eigenvalue weighted by atomic mass is 10.1. The van der Waals surface area contributed by atoms with Crippen LogP contribution in [0.3, 0.4) is 0 Å². The van der Waals surface area contributed by atoms with E-state index in [0.29, 0.717) is 30.0 Å². The van der Waals surface area contributed by atoms with E-state index in [1.165, 1.54) is 11.0 Å². The number of ketones is 1. The van der Waals surface area contributed by atoms with E-state index in [1.807, 2.05) is 31.2 Å². The molecule has 0 atom stereocenters. The van der Waals surface area contributed by atoms with E-state index in [9.17, 15) is 14.4 Å². The van der Waals surface area contributed by atoms with Crippen LogP contribution >= 0.6 is 15.9 Å². The minimum Gasteiger partial charge on any atom is -0.463 e. The van der Waals surface area contributed by atoms with Crippen molar-refractivity contribution < 1.29 is 19.1 Å². The van der Waals surface area contributed by atoms with Crippen molar-refractivity contribution in [2.45, 2.75) is 26.3 Å². The number of hydrogen-bond acceptors (Lipinski definition) is 4. The van der Waals surface area contributed by atoms with Gasteiger partial charge in [0.1, 0.15) is 0 Å². The molecule has 0 unspecified atom stereocenters. The van der Waals surface area contributed by atoms with Crippen molar-refractivity contribution in [3.05, 3.63) is 69.7 Å². The number of ether oxygens (including phenoxy) is 1. The summed E-state index contributed by atoms with van der Waals surface area (Å²) in [5.74, 6) is -1.50. The van der Waals surface area contributed by atoms with Gasteiger partial charge in [-0.15, -0.1) is 0 Å². The smallest absolute Gasteiger partial charge is 0.330 e. The van der Waals surface area contributed by atoms with Crippen molar-refractivity contribution in [2.75, 3.05) is 11.5 Å². The molecule has 5 nitrogen and oxygen atoms in total. The van der Waals surface area contributed by atoms with Gasteiger partial charge in [0.25, 0.3) is 11.7 Å². The fourth-order valence-corrected chi connectivity index (χ4v) is 3.14. The zero-order chi connectivity index (χ0) is 20.1. The summed E-state index contributed by atoms with van der Waals surface area (Å²) in [4.78, 5) is 38.0. The van der Waals surface area contributed by atoms with Gasteiger partial charge in [-0.05, 0) is 47.9 Å². The van der Waals surface area contributed by atoms with Crippen molar-refractivity contribution >= 4 is 45.4 Å². The number of carbonyl (C=O) groups excluding carboxylic acids is 3. The number of amides is 1. The molecule has 0 saturated heterocycles. The Morgan fingerprint density at radius 3 is 2.61 bits per heavy atom. The molecule has 3 rings (SSSR count). The molecule has 0 saturated carbocycles. The van der Waals surface area contributed by atoms with E-state index in [4.69, 9.17) is 4.74 Å². The fourth-order valence-electron chi connectivity index (χ4n) is 2.88. The fraction of sp³-hybridized carbons (Fsp3) is 0.227. The number of esters is 1. The number of halogens is 1. The van der Waals surface area contributed by atoms with Gasteiger partial charge in [0.15, 0.2) is 0 Å². The summed E-state index contributed by atoms with van der Waals surface area (Å²) in [6.07, 6.45) is 4.69. The number of benzene rings is 2. The van der Waals surface area contributed by atoms with E-state index in [1.54, 1.807) is 24.3 Å². The van der Waals surface area contributed by atoms with Crippen LogP contribution in [0.25, 0.3) is 6.08 Å². The maximum atomic E-state index is 12.4. The van der Waals surface area contributed by atoms with Crippen LogP contribution in [0.1, 0.15) is 41.3 Å². The van der Waals surface area contributed by atoms with Crippen LogP contribution in [0.4, 0.5) is 5.69 Å². The van der Waals surface area contributed by atoms with Gasteiger partial charge < -0.3 is 9.64 Å². The Morgan fingerprint density at radius 1 is 1.14 bits per heavy atom. The minimum absolute atomic E-state index is 0.323. The molecular weight excluding hydrogens is 422 g/mol. The number of carbonyl (C=O) groups is 3. The molecule has 1 heterocycles. The maximum Gasteiger partial charge on any atom is 0.330 e. The second kappa shape index (κ2) is 8.97. The molecule has 6 heteroatoms. The first kappa shape index (κ1) is 20.0. The first-order chi connectivity index (χ1) is 13.5. The van der Waals surface area contributed by atoms with Gasteiger partial charge in [0.05, 0.1) is 24.4 Å². The molecular formula is C22H20BrNO4. The molecule has 2 aromatic carbocycles. The largest absolute Gasteiger partial charge is 0.463 e. The molecule has 0 N–H and O–H groups in total. The summed E-state index contributed by atoms with van der Waals surface area (Å²) in [7, 11) is 0. The standard InChI is InChI=1S/C22H20BrNO4/c1-2-3-12-28-20(25)11-7-15-6-10-19-18(13-15)21(26)22(27)24(19)14-16-4-8-17(23)9-5-16/h4-11,13H,2-3,12,14H2,1H3/b11-7+. The first-order valence-corrected chi connectivity index (χ1v) is 9.88. The quantitative estimate of drug-likeness (QED) is 0.274. The predicted molar refractivity (Wildman–Crippen MR) is 111 cm³/mol. The van der Waals surface area contributed by atoms with Gasteiger partial charge >= 0.3 is 5.97 Å². The van der Waals surface area contributed by atoms with Crippen LogP contribution in [0.2, 0.25) is 0 Å². The average Bonchev–Trinajstić information content (AvgIpc) is 2.93. The van der Waals surface area contributed by atoms with E-state index in [0.717, 1.165) is 22.9 Å². The van der Waals surface area contributed by atoms with Gasteiger partial charge in [-0.1, -0.05) is 47.5 Å². The highest BCUT2D eigenvalue weighted by Crippen LogP contribution is 2.31. The molecule has 0 fully saturated rings. The molecule has 28 heavy (non-hydrogen) atoms. The van der Waals surface area contributed by atoms with Crippen LogP contribution in [-0.4, -0.2) is 24.3 Å². The lowest BCUT2D eigenvalue weighted by Crippen LogP contribution is -2.29. The monoisotopic (exact) mass is 441 g/mol. The van der Waals surface area contributed by atoms with Crippen LogP contribution in [0, 0.1) is 0 Å². The summed E-state index contributed by atoms with van der Waals surface area (Å²) < 4.78 is 6.02. The summed E-state index contributed by atoms with van der Waals surface area (Å²) in [6.45, 7) is 2.73. The van der Waals surface area contributed by atoms with Crippen molar-refractivity contribution in [1.29, 1.82) is 0 Å².